The van der Waals surface area contributed by atoms with E-state index < -0.39 is 17.4 Å². The van der Waals surface area contributed by atoms with Gasteiger partial charge in [-0.1, -0.05) is 18.2 Å². The number of aliphatic hydroxyl groups excluding tert-OH is 1. The standard InChI is InChI=1S/C18H21N3O3/c1-12-10-15(22)17(19-21(12)14-6-4-3-5-7-14)18(24)20(2)11-16(23)13-8-9-13/h3-7,10,13,16,23H,8-9,11H2,1-2H3. The number of hydrogen-bond acceptors (Lipinski definition) is 4. The second-order valence-corrected chi connectivity index (χ2v) is 6.34. The van der Waals surface area contributed by atoms with Gasteiger partial charge in [-0.3, -0.25) is 9.59 Å². The lowest BCUT2D eigenvalue weighted by Gasteiger charge is -2.20. The topological polar surface area (TPSA) is 75.4 Å². The molecule has 0 aliphatic heterocycles. The van der Waals surface area contributed by atoms with Crippen molar-refractivity contribution >= 4 is 5.91 Å². The van der Waals surface area contributed by atoms with Gasteiger partial charge in [-0.2, -0.15) is 5.10 Å². The van der Waals surface area contributed by atoms with E-state index in [1.165, 1.54) is 11.0 Å². The fourth-order valence-corrected chi connectivity index (χ4v) is 2.70. The Bertz CT molecular complexity index is 797. The first kappa shape index (κ1) is 16.4. The predicted molar refractivity (Wildman–Crippen MR) is 90.3 cm³/mol. The monoisotopic (exact) mass is 327 g/mol. The molecule has 1 aromatic carbocycles. The molecule has 126 valence electrons. The molecule has 1 unspecified atom stereocenters. The number of rotatable bonds is 5. The number of carbonyl (C=O) groups excluding carboxylic acids is 1. The molecule has 24 heavy (non-hydrogen) atoms. The molecule has 2 aromatic rings. The lowest BCUT2D eigenvalue weighted by molar-refractivity contribution is 0.0637. The van der Waals surface area contributed by atoms with Crippen molar-refractivity contribution in [1.82, 2.24) is 14.7 Å². The number of aryl methyl sites for hydroxylation is 1. The van der Waals surface area contributed by atoms with E-state index in [1.807, 2.05) is 30.3 Å². The summed E-state index contributed by atoms with van der Waals surface area (Å²) in [6.07, 6.45) is 1.44. The molecule has 1 fully saturated rings. The second kappa shape index (κ2) is 6.57. The minimum absolute atomic E-state index is 0.130. The number of likely N-dealkylation sites (N-methyl/N-ethyl adjacent to an activating group) is 1. The Balaban J connectivity index is 1.89. The van der Waals surface area contributed by atoms with Gasteiger partial charge in [0.2, 0.25) is 5.43 Å². The zero-order chi connectivity index (χ0) is 17.3. The van der Waals surface area contributed by atoms with Crippen LogP contribution in [0.15, 0.2) is 41.2 Å². The molecule has 1 aliphatic rings. The average Bonchev–Trinajstić information content (AvgIpc) is 3.40. The van der Waals surface area contributed by atoms with Gasteiger partial charge >= 0.3 is 0 Å². The van der Waals surface area contributed by atoms with E-state index in [1.54, 1.807) is 18.7 Å². The smallest absolute Gasteiger partial charge is 0.278 e. The minimum atomic E-state index is -0.541. The Kier molecular flexibility index (Phi) is 4.49. The minimum Gasteiger partial charge on any atom is -0.391 e. The van der Waals surface area contributed by atoms with Crippen LogP contribution in [-0.2, 0) is 0 Å². The number of hydrogen-bond donors (Lipinski definition) is 1. The number of benzene rings is 1. The molecule has 0 radical (unpaired) electrons. The summed E-state index contributed by atoms with van der Waals surface area (Å²) in [5, 5.41) is 14.3. The summed E-state index contributed by atoms with van der Waals surface area (Å²) in [5.41, 5.74) is 0.903. The summed E-state index contributed by atoms with van der Waals surface area (Å²) in [7, 11) is 1.59. The van der Waals surface area contributed by atoms with E-state index in [0.29, 0.717) is 5.69 Å². The van der Waals surface area contributed by atoms with Crippen LogP contribution in [-0.4, -0.2) is 45.4 Å². The molecule has 0 bridgehead atoms. The number of carbonyl (C=O) groups is 1. The van der Waals surface area contributed by atoms with E-state index in [-0.39, 0.29) is 18.2 Å². The van der Waals surface area contributed by atoms with Gasteiger partial charge in [0.15, 0.2) is 5.69 Å². The highest BCUT2D eigenvalue weighted by Gasteiger charge is 2.32. The molecular weight excluding hydrogens is 306 g/mol. The van der Waals surface area contributed by atoms with Crippen LogP contribution in [0, 0.1) is 12.8 Å². The quantitative estimate of drug-likeness (QED) is 0.900. The van der Waals surface area contributed by atoms with Crippen LogP contribution < -0.4 is 5.43 Å². The van der Waals surface area contributed by atoms with Crippen molar-refractivity contribution in [2.24, 2.45) is 5.92 Å². The van der Waals surface area contributed by atoms with Crippen molar-refractivity contribution in [3.63, 3.8) is 0 Å². The van der Waals surface area contributed by atoms with Crippen molar-refractivity contribution in [2.45, 2.75) is 25.9 Å². The third kappa shape index (κ3) is 3.38. The fourth-order valence-electron chi connectivity index (χ4n) is 2.70. The largest absolute Gasteiger partial charge is 0.391 e. The van der Waals surface area contributed by atoms with Crippen LogP contribution in [0.1, 0.15) is 29.0 Å². The van der Waals surface area contributed by atoms with Gasteiger partial charge < -0.3 is 10.0 Å². The highest BCUT2D eigenvalue weighted by atomic mass is 16.3. The van der Waals surface area contributed by atoms with Gasteiger partial charge in [0.25, 0.3) is 5.91 Å². The maximum Gasteiger partial charge on any atom is 0.278 e. The van der Waals surface area contributed by atoms with Crippen molar-refractivity contribution in [3.05, 3.63) is 58.0 Å². The number of aliphatic hydroxyl groups is 1. The Hall–Kier alpha value is -2.47. The van der Waals surface area contributed by atoms with Crippen LogP contribution in [0.25, 0.3) is 5.69 Å². The number of nitrogens with zero attached hydrogens (tertiary/aromatic N) is 3. The van der Waals surface area contributed by atoms with E-state index in [0.717, 1.165) is 18.5 Å². The Morgan fingerprint density at radius 2 is 2.04 bits per heavy atom. The molecule has 1 aromatic heterocycles. The van der Waals surface area contributed by atoms with E-state index >= 15 is 0 Å². The maximum atomic E-state index is 12.6. The Morgan fingerprint density at radius 3 is 2.67 bits per heavy atom. The summed E-state index contributed by atoms with van der Waals surface area (Å²) in [5.74, 6) is -0.198. The summed E-state index contributed by atoms with van der Waals surface area (Å²) in [6, 6.07) is 10.8. The maximum absolute atomic E-state index is 12.6. The van der Waals surface area contributed by atoms with Gasteiger partial charge in [-0.05, 0) is 37.8 Å². The SMILES string of the molecule is Cc1cc(=O)c(C(=O)N(C)CC(O)C2CC2)nn1-c1ccccc1. The third-order valence-corrected chi connectivity index (χ3v) is 4.28. The third-order valence-electron chi connectivity index (χ3n) is 4.28. The first-order chi connectivity index (χ1) is 11.5. The number of para-hydroxylation sites is 1. The van der Waals surface area contributed by atoms with Gasteiger partial charge in [0.05, 0.1) is 11.8 Å². The summed E-state index contributed by atoms with van der Waals surface area (Å²) in [4.78, 5) is 26.2. The first-order valence-electron chi connectivity index (χ1n) is 8.07. The summed E-state index contributed by atoms with van der Waals surface area (Å²) in [6.45, 7) is 1.99. The average molecular weight is 327 g/mol. The van der Waals surface area contributed by atoms with E-state index in [2.05, 4.69) is 5.10 Å². The summed E-state index contributed by atoms with van der Waals surface area (Å²) >= 11 is 0. The molecule has 1 aliphatic carbocycles. The summed E-state index contributed by atoms with van der Waals surface area (Å²) < 4.78 is 1.58. The number of aromatic nitrogens is 2. The van der Waals surface area contributed by atoms with Crippen molar-refractivity contribution in [2.75, 3.05) is 13.6 Å². The molecule has 1 amide bonds. The van der Waals surface area contributed by atoms with Gasteiger partial charge in [0, 0.05) is 25.4 Å². The molecule has 1 saturated carbocycles. The van der Waals surface area contributed by atoms with E-state index in [9.17, 15) is 14.7 Å². The second-order valence-electron chi connectivity index (χ2n) is 6.34. The normalized spacial score (nSPS) is 15.1. The highest BCUT2D eigenvalue weighted by Crippen LogP contribution is 2.32. The first-order valence-corrected chi connectivity index (χ1v) is 8.07. The molecule has 3 rings (SSSR count). The molecular formula is C18H21N3O3. The van der Waals surface area contributed by atoms with Gasteiger partial charge in [0.1, 0.15) is 0 Å². The predicted octanol–water partition coefficient (Wildman–Crippen LogP) is 1.38. The molecule has 0 saturated heterocycles. The van der Waals surface area contributed by atoms with Gasteiger partial charge in [-0.15, -0.1) is 0 Å². The van der Waals surface area contributed by atoms with Crippen molar-refractivity contribution in [3.8, 4) is 5.69 Å². The van der Waals surface area contributed by atoms with Crippen LogP contribution >= 0.6 is 0 Å². The lowest BCUT2D eigenvalue weighted by atomic mass is 10.2. The molecule has 1 N–H and O–H groups in total. The van der Waals surface area contributed by atoms with Gasteiger partial charge in [-0.25, -0.2) is 4.68 Å². The molecule has 1 atom stereocenters. The lowest BCUT2D eigenvalue weighted by Crippen LogP contribution is -2.38. The van der Waals surface area contributed by atoms with Crippen LogP contribution in [0.3, 0.4) is 0 Å². The molecule has 0 spiro atoms. The van der Waals surface area contributed by atoms with Crippen molar-refractivity contribution in [1.29, 1.82) is 0 Å². The Morgan fingerprint density at radius 1 is 1.38 bits per heavy atom. The fraction of sp³-hybridized carbons (Fsp3) is 0.389. The van der Waals surface area contributed by atoms with E-state index in [4.69, 9.17) is 0 Å². The van der Waals surface area contributed by atoms with Crippen molar-refractivity contribution < 1.29 is 9.90 Å². The van der Waals surface area contributed by atoms with Crippen LogP contribution in [0.2, 0.25) is 0 Å². The zero-order valence-electron chi connectivity index (χ0n) is 13.8. The highest BCUT2D eigenvalue weighted by molar-refractivity contribution is 5.91. The zero-order valence-corrected chi connectivity index (χ0v) is 13.8. The molecule has 6 nitrogen and oxygen atoms in total. The molecule has 6 heteroatoms. The number of amides is 1. The van der Waals surface area contributed by atoms with Crippen LogP contribution in [0.5, 0.6) is 0 Å². The Labute approximate surface area is 140 Å². The molecule has 1 heterocycles. The van der Waals surface area contributed by atoms with Crippen LogP contribution in [0.4, 0.5) is 0 Å².